The highest BCUT2D eigenvalue weighted by Gasteiger charge is 2.20. The summed E-state index contributed by atoms with van der Waals surface area (Å²) in [6.07, 6.45) is 0.326. The average Bonchev–Trinajstić information content (AvgIpc) is 2.28. The Labute approximate surface area is 120 Å². The van der Waals surface area contributed by atoms with Crippen LogP contribution in [0.4, 0.5) is 4.39 Å². The minimum Gasteiger partial charge on any atom is -0.350 e. The fraction of sp³-hybridized carbons (Fsp3) is 0.500. The fourth-order valence-electron chi connectivity index (χ4n) is 1.69. The number of carbonyl (C=O) groups is 1. The molecule has 1 aromatic rings. The van der Waals surface area contributed by atoms with Gasteiger partial charge in [0.15, 0.2) is 0 Å². The molecule has 5 heteroatoms. The highest BCUT2D eigenvalue weighted by atomic mass is 35.5. The second-order valence-electron chi connectivity index (χ2n) is 5.30. The van der Waals surface area contributed by atoms with Crippen LogP contribution in [-0.4, -0.2) is 18.0 Å². The summed E-state index contributed by atoms with van der Waals surface area (Å²) in [6.45, 7) is 6.03. The zero-order valence-electron chi connectivity index (χ0n) is 11.6. The topological polar surface area (TPSA) is 55.1 Å². The largest absolute Gasteiger partial charge is 0.350 e. The Morgan fingerprint density at radius 2 is 2.11 bits per heavy atom. The maximum atomic E-state index is 13.1. The molecule has 0 radical (unpaired) electrons. The van der Waals surface area contributed by atoms with Crippen molar-refractivity contribution in [3.63, 3.8) is 0 Å². The van der Waals surface area contributed by atoms with Crippen molar-refractivity contribution in [2.24, 2.45) is 5.73 Å². The van der Waals surface area contributed by atoms with Crippen molar-refractivity contribution in [1.82, 2.24) is 5.32 Å². The molecule has 0 aromatic heterocycles. The highest BCUT2D eigenvalue weighted by Crippen LogP contribution is 2.19. The van der Waals surface area contributed by atoms with Crippen molar-refractivity contribution >= 4 is 18.3 Å². The number of nitrogens with one attached hydrogen (secondary N) is 1. The third-order valence-corrected chi connectivity index (χ3v) is 2.90. The maximum Gasteiger partial charge on any atom is 0.221 e. The van der Waals surface area contributed by atoms with Gasteiger partial charge in [-0.25, -0.2) is 4.39 Å². The van der Waals surface area contributed by atoms with Gasteiger partial charge in [0.1, 0.15) is 5.82 Å². The Kier molecular flexibility index (Phi) is 7.01. The first kappa shape index (κ1) is 17.9. The Morgan fingerprint density at radius 1 is 1.47 bits per heavy atom. The van der Waals surface area contributed by atoms with Crippen molar-refractivity contribution in [3.05, 3.63) is 35.6 Å². The van der Waals surface area contributed by atoms with Crippen molar-refractivity contribution in [2.45, 2.75) is 38.6 Å². The van der Waals surface area contributed by atoms with Crippen LogP contribution in [0.1, 0.15) is 38.7 Å². The van der Waals surface area contributed by atoms with Gasteiger partial charge in [-0.3, -0.25) is 4.79 Å². The Balaban J connectivity index is 0.00000324. The number of hydrogen-bond acceptors (Lipinski definition) is 2. The molecule has 3 N–H and O–H groups in total. The van der Waals surface area contributed by atoms with E-state index in [0.29, 0.717) is 13.0 Å². The van der Waals surface area contributed by atoms with Gasteiger partial charge in [0, 0.05) is 18.5 Å². The van der Waals surface area contributed by atoms with E-state index in [9.17, 15) is 9.18 Å². The van der Waals surface area contributed by atoms with Crippen molar-refractivity contribution in [2.75, 3.05) is 6.54 Å². The third kappa shape index (κ3) is 6.03. The molecule has 1 aromatic carbocycles. The first-order valence-electron chi connectivity index (χ1n) is 6.10. The molecule has 1 atom stereocenters. The van der Waals surface area contributed by atoms with E-state index >= 15 is 0 Å². The van der Waals surface area contributed by atoms with Gasteiger partial charge in [-0.05, 0) is 37.5 Å². The number of rotatable bonds is 5. The van der Waals surface area contributed by atoms with E-state index in [2.05, 4.69) is 5.32 Å². The summed E-state index contributed by atoms with van der Waals surface area (Å²) in [5.41, 5.74) is 5.98. The minimum atomic E-state index is -0.404. The van der Waals surface area contributed by atoms with Gasteiger partial charge < -0.3 is 11.1 Å². The minimum absolute atomic E-state index is 0. The predicted molar refractivity (Wildman–Crippen MR) is 78.0 cm³/mol. The number of hydrogen-bond donors (Lipinski definition) is 2. The van der Waals surface area contributed by atoms with Crippen LogP contribution in [0.5, 0.6) is 0 Å². The van der Waals surface area contributed by atoms with Crippen LogP contribution in [0.2, 0.25) is 0 Å². The maximum absolute atomic E-state index is 13.1. The van der Waals surface area contributed by atoms with Crippen molar-refractivity contribution in [1.29, 1.82) is 0 Å². The summed E-state index contributed by atoms with van der Waals surface area (Å²) < 4.78 is 13.1. The molecule has 0 saturated carbocycles. The van der Waals surface area contributed by atoms with Crippen LogP contribution in [-0.2, 0) is 4.79 Å². The van der Waals surface area contributed by atoms with Gasteiger partial charge >= 0.3 is 0 Å². The summed E-state index contributed by atoms with van der Waals surface area (Å²) in [4.78, 5) is 11.8. The van der Waals surface area contributed by atoms with E-state index < -0.39 is 5.54 Å². The molecule has 1 amide bonds. The molecule has 19 heavy (non-hydrogen) atoms. The van der Waals surface area contributed by atoms with E-state index in [4.69, 9.17) is 5.73 Å². The lowest BCUT2D eigenvalue weighted by atomic mass is 9.96. The number of nitrogens with two attached hydrogens (primary N) is 1. The van der Waals surface area contributed by atoms with E-state index in [1.807, 2.05) is 26.8 Å². The number of carbonyl (C=O) groups excluding carboxylic acids is 1. The van der Waals surface area contributed by atoms with Gasteiger partial charge in [0.2, 0.25) is 5.91 Å². The first-order valence-corrected chi connectivity index (χ1v) is 6.10. The van der Waals surface area contributed by atoms with Gasteiger partial charge in [-0.2, -0.15) is 0 Å². The van der Waals surface area contributed by atoms with E-state index in [0.717, 1.165) is 5.56 Å². The van der Waals surface area contributed by atoms with Crippen LogP contribution in [0, 0.1) is 5.82 Å². The quantitative estimate of drug-likeness (QED) is 0.875. The van der Waals surface area contributed by atoms with Crippen molar-refractivity contribution in [3.8, 4) is 0 Å². The summed E-state index contributed by atoms with van der Waals surface area (Å²) in [7, 11) is 0. The molecule has 1 rings (SSSR count). The summed E-state index contributed by atoms with van der Waals surface area (Å²) >= 11 is 0. The first-order chi connectivity index (χ1) is 8.34. The molecular weight excluding hydrogens is 267 g/mol. The zero-order chi connectivity index (χ0) is 13.8. The highest BCUT2D eigenvalue weighted by molar-refractivity contribution is 5.85. The average molecular weight is 289 g/mol. The SMILES string of the molecule is CC(CC(=O)NC(C)(C)CN)c1cccc(F)c1.Cl. The molecule has 0 spiro atoms. The molecule has 0 heterocycles. The summed E-state index contributed by atoms with van der Waals surface area (Å²) in [5.74, 6) is -0.362. The molecule has 108 valence electrons. The standard InChI is InChI=1S/C14H21FN2O.ClH/c1-10(11-5-4-6-12(15)8-11)7-13(18)17-14(2,3)9-16;/h4-6,8,10H,7,9,16H2,1-3H3,(H,17,18);1H. The molecule has 0 aliphatic heterocycles. The van der Waals surface area contributed by atoms with Gasteiger partial charge in [0.05, 0.1) is 0 Å². The number of benzene rings is 1. The second kappa shape index (κ2) is 7.46. The summed E-state index contributed by atoms with van der Waals surface area (Å²) in [5, 5.41) is 2.86. The summed E-state index contributed by atoms with van der Waals surface area (Å²) in [6, 6.07) is 6.35. The normalized spacial score (nSPS) is 12.5. The number of halogens is 2. The third-order valence-electron chi connectivity index (χ3n) is 2.90. The van der Waals surface area contributed by atoms with Gasteiger partial charge in [-0.15, -0.1) is 12.4 Å². The molecule has 0 bridgehead atoms. The lowest BCUT2D eigenvalue weighted by molar-refractivity contribution is -0.122. The van der Waals surface area contributed by atoms with Crippen LogP contribution < -0.4 is 11.1 Å². The Morgan fingerprint density at radius 3 is 2.63 bits per heavy atom. The van der Waals surface area contributed by atoms with E-state index in [1.165, 1.54) is 12.1 Å². The van der Waals surface area contributed by atoms with Crippen LogP contribution >= 0.6 is 12.4 Å². The lowest BCUT2D eigenvalue weighted by Gasteiger charge is -2.25. The Bertz CT molecular complexity index is 424. The molecule has 3 nitrogen and oxygen atoms in total. The van der Waals surface area contributed by atoms with Crippen molar-refractivity contribution < 1.29 is 9.18 Å². The smallest absolute Gasteiger partial charge is 0.221 e. The molecule has 0 aliphatic carbocycles. The van der Waals surface area contributed by atoms with Gasteiger partial charge in [-0.1, -0.05) is 19.1 Å². The van der Waals surface area contributed by atoms with Crippen LogP contribution in [0.15, 0.2) is 24.3 Å². The second-order valence-corrected chi connectivity index (χ2v) is 5.30. The Hall–Kier alpha value is -1.13. The fourth-order valence-corrected chi connectivity index (χ4v) is 1.69. The predicted octanol–water partition coefficient (Wildman–Crippen LogP) is 2.59. The van der Waals surface area contributed by atoms with Crippen LogP contribution in [0.3, 0.4) is 0 Å². The monoisotopic (exact) mass is 288 g/mol. The lowest BCUT2D eigenvalue weighted by Crippen LogP contribution is -2.49. The molecule has 1 unspecified atom stereocenters. The molecule has 0 aliphatic rings. The van der Waals surface area contributed by atoms with Gasteiger partial charge in [0.25, 0.3) is 0 Å². The zero-order valence-corrected chi connectivity index (χ0v) is 12.4. The van der Waals surface area contributed by atoms with E-state index in [1.54, 1.807) is 6.07 Å². The molecule has 0 saturated heterocycles. The van der Waals surface area contributed by atoms with E-state index in [-0.39, 0.29) is 30.0 Å². The number of amides is 1. The molecular formula is C14H22ClFN2O. The molecule has 0 fully saturated rings. The van der Waals surface area contributed by atoms with Crippen LogP contribution in [0.25, 0.3) is 0 Å².